The zero-order valence-corrected chi connectivity index (χ0v) is 18.7. The van der Waals surface area contributed by atoms with E-state index in [9.17, 15) is 14.3 Å². The van der Waals surface area contributed by atoms with Crippen molar-refractivity contribution in [1.82, 2.24) is 4.90 Å². The van der Waals surface area contributed by atoms with Crippen molar-refractivity contribution in [2.24, 2.45) is 0 Å². The molecular weight excluding hydrogens is 421 g/mol. The molecule has 0 aliphatic carbocycles. The van der Waals surface area contributed by atoms with Gasteiger partial charge in [-0.15, -0.1) is 0 Å². The molecule has 1 aliphatic heterocycles. The number of aryl methyl sites for hydroxylation is 1. The van der Waals surface area contributed by atoms with Crippen LogP contribution in [0, 0.1) is 12.7 Å². The van der Waals surface area contributed by atoms with Gasteiger partial charge in [0, 0.05) is 21.7 Å². The Bertz CT molecular complexity index is 1340. The highest BCUT2D eigenvalue weighted by atomic mass is 19.1. The molecule has 1 unspecified atom stereocenters. The number of carbonyl (C=O) groups is 1. The fraction of sp³-hybridized carbons (Fsp3) is 0.296. The monoisotopic (exact) mass is 447 g/mol. The maximum Gasteiger partial charge on any atom is 0.342 e. The highest BCUT2D eigenvalue weighted by Crippen LogP contribution is 2.47. The Hall–Kier alpha value is -3.38. The van der Waals surface area contributed by atoms with Crippen molar-refractivity contribution >= 4 is 27.7 Å². The van der Waals surface area contributed by atoms with Crippen molar-refractivity contribution in [3.8, 4) is 5.75 Å². The van der Waals surface area contributed by atoms with Crippen LogP contribution in [0.3, 0.4) is 0 Å². The van der Waals surface area contributed by atoms with E-state index in [1.807, 2.05) is 24.3 Å². The van der Waals surface area contributed by atoms with Crippen LogP contribution < -0.4 is 0 Å². The quantitative estimate of drug-likeness (QED) is 0.375. The van der Waals surface area contributed by atoms with Gasteiger partial charge in [-0.3, -0.25) is 4.90 Å². The van der Waals surface area contributed by atoms with Gasteiger partial charge in [-0.25, -0.2) is 9.18 Å². The highest BCUT2D eigenvalue weighted by Gasteiger charge is 2.34. The molecule has 2 heterocycles. The van der Waals surface area contributed by atoms with Crippen LogP contribution in [0.4, 0.5) is 4.39 Å². The normalized spacial score (nSPS) is 15.4. The minimum absolute atomic E-state index is 0.102. The van der Waals surface area contributed by atoms with E-state index >= 15 is 0 Å². The van der Waals surface area contributed by atoms with E-state index in [1.165, 1.54) is 12.1 Å². The van der Waals surface area contributed by atoms with Gasteiger partial charge in [-0.2, -0.15) is 0 Å². The molecule has 6 heteroatoms. The molecule has 0 amide bonds. The summed E-state index contributed by atoms with van der Waals surface area (Å²) in [6.45, 7) is 5.40. The molecule has 3 aromatic carbocycles. The predicted molar refractivity (Wildman–Crippen MR) is 125 cm³/mol. The number of phenols is 1. The van der Waals surface area contributed by atoms with Gasteiger partial charge in [-0.05, 0) is 57.5 Å². The molecular formula is C27H26FNO4. The Labute approximate surface area is 191 Å². The number of benzene rings is 3. The molecule has 1 aliphatic rings. The van der Waals surface area contributed by atoms with Crippen LogP contribution in [0.25, 0.3) is 21.7 Å². The summed E-state index contributed by atoms with van der Waals surface area (Å²) in [7, 11) is 0. The van der Waals surface area contributed by atoms with Crippen LogP contribution in [0.2, 0.25) is 0 Å². The Morgan fingerprint density at radius 1 is 1.12 bits per heavy atom. The molecule has 1 atom stereocenters. The van der Waals surface area contributed by atoms with E-state index in [2.05, 4.69) is 4.90 Å². The molecule has 1 N–H and O–H groups in total. The van der Waals surface area contributed by atoms with Gasteiger partial charge in [0.1, 0.15) is 28.5 Å². The topological polar surface area (TPSA) is 62.9 Å². The minimum Gasteiger partial charge on any atom is -0.507 e. The number of esters is 1. The second-order valence-corrected chi connectivity index (χ2v) is 8.46. The first-order valence-corrected chi connectivity index (χ1v) is 11.3. The predicted octanol–water partition coefficient (Wildman–Crippen LogP) is 6.10. The van der Waals surface area contributed by atoms with Gasteiger partial charge in [0.2, 0.25) is 0 Å². The number of aromatic hydroxyl groups is 1. The third-order valence-electron chi connectivity index (χ3n) is 6.48. The van der Waals surface area contributed by atoms with Crippen LogP contribution in [0.1, 0.15) is 53.1 Å². The highest BCUT2D eigenvalue weighted by molar-refractivity contribution is 6.16. The van der Waals surface area contributed by atoms with Gasteiger partial charge < -0.3 is 14.3 Å². The summed E-state index contributed by atoms with van der Waals surface area (Å²) in [6.07, 6.45) is 2.06. The van der Waals surface area contributed by atoms with Crippen LogP contribution in [-0.2, 0) is 4.74 Å². The second-order valence-electron chi connectivity index (χ2n) is 8.46. The lowest BCUT2D eigenvalue weighted by molar-refractivity contribution is 0.0526. The summed E-state index contributed by atoms with van der Waals surface area (Å²) in [5.41, 5.74) is 2.32. The number of carbonyl (C=O) groups excluding carboxylic acids is 1. The van der Waals surface area contributed by atoms with Crippen LogP contribution >= 0.6 is 0 Å². The number of nitrogens with zero attached hydrogens (tertiary/aromatic N) is 1. The third-order valence-corrected chi connectivity index (χ3v) is 6.48. The lowest BCUT2D eigenvalue weighted by Gasteiger charge is -2.30. The van der Waals surface area contributed by atoms with Gasteiger partial charge in [-0.1, -0.05) is 36.4 Å². The summed E-state index contributed by atoms with van der Waals surface area (Å²) >= 11 is 0. The molecule has 1 aromatic heterocycles. The molecule has 0 radical (unpaired) electrons. The summed E-state index contributed by atoms with van der Waals surface area (Å²) in [5.74, 6) is -0.257. The SMILES string of the molecule is CCOC(=O)c1c(C)oc2c1c(C(c1ccc(F)cc1)N1CCCC1)c(O)c1ccccc12. The van der Waals surface area contributed by atoms with E-state index in [0.29, 0.717) is 33.2 Å². The lowest BCUT2D eigenvalue weighted by atomic mass is 9.89. The number of fused-ring (bicyclic) bond motifs is 3. The summed E-state index contributed by atoms with van der Waals surface area (Å²) in [6, 6.07) is 13.4. The molecule has 1 saturated heterocycles. The Morgan fingerprint density at radius 2 is 1.79 bits per heavy atom. The zero-order valence-electron chi connectivity index (χ0n) is 18.7. The van der Waals surface area contributed by atoms with Crippen molar-refractivity contribution < 1.29 is 23.4 Å². The summed E-state index contributed by atoms with van der Waals surface area (Å²) in [4.78, 5) is 15.3. The third kappa shape index (κ3) is 3.55. The van der Waals surface area contributed by atoms with E-state index in [1.54, 1.807) is 26.0 Å². The summed E-state index contributed by atoms with van der Waals surface area (Å²) < 4.78 is 25.3. The molecule has 0 bridgehead atoms. The molecule has 0 spiro atoms. The van der Waals surface area contributed by atoms with Gasteiger partial charge >= 0.3 is 5.97 Å². The minimum atomic E-state index is -0.482. The lowest BCUT2D eigenvalue weighted by Crippen LogP contribution is -2.27. The molecule has 33 heavy (non-hydrogen) atoms. The first-order chi connectivity index (χ1) is 16.0. The number of hydrogen-bond acceptors (Lipinski definition) is 5. The van der Waals surface area contributed by atoms with Crippen LogP contribution in [-0.4, -0.2) is 35.7 Å². The standard InChI is InChI=1S/C27H26FNO4/c1-3-32-27(31)21-16(2)33-26-20-9-5-4-8-19(20)25(30)23(22(21)26)24(29-14-6-7-15-29)17-10-12-18(28)13-11-17/h4-5,8-13,24,30H,3,6-7,14-15H2,1-2H3. The second kappa shape index (κ2) is 8.52. The number of rotatable bonds is 5. The van der Waals surface area contributed by atoms with Gasteiger partial charge in [0.25, 0.3) is 0 Å². The maximum atomic E-state index is 13.8. The number of phenolic OH excluding ortho intramolecular Hbond substituents is 1. The first-order valence-electron chi connectivity index (χ1n) is 11.3. The summed E-state index contributed by atoms with van der Waals surface area (Å²) in [5, 5.41) is 13.6. The number of likely N-dealkylation sites (tertiary alicyclic amines) is 1. The zero-order chi connectivity index (χ0) is 23.1. The van der Waals surface area contributed by atoms with E-state index in [-0.39, 0.29) is 24.2 Å². The Balaban J connectivity index is 1.90. The van der Waals surface area contributed by atoms with Crippen molar-refractivity contribution in [1.29, 1.82) is 0 Å². The molecule has 4 aromatic rings. The molecule has 0 saturated carbocycles. The van der Waals surface area contributed by atoms with E-state index in [4.69, 9.17) is 9.15 Å². The van der Waals surface area contributed by atoms with Crippen molar-refractivity contribution in [2.45, 2.75) is 32.7 Å². The molecule has 5 nitrogen and oxygen atoms in total. The Morgan fingerprint density at radius 3 is 2.45 bits per heavy atom. The van der Waals surface area contributed by atoms with Crippen molar-refractivity contribution in [3.63, 3.8) is 0 Å². The smallest absolute Gasteiger partial charge is 0.342 e. The average molecular weight is 448 g/mol. The van der Waals surface area contributed by atoms with Gasteiger partial charge in [0.15, 0.2) is 0 Å². The van der Waals surface area contributed by atoms with Crippen molar-refractivity contribution in [3.05, 3.63) is 76.8 Å². The Kier molecular flexibility index (Phi) is 5.54. The van der Waals surface area contributed by atoms with E-state index < -0.39 is 5.97 Å². The fourth-order valence-corrected chi connectivity index (χ4v) is 5.06. The number of hydrogen-bond donors (Lipinski definition) is 1. The van der Waals surface area contributed by atoms with Crippen molar-refractivity contribution in [2.75, 3.05) is 19.7 Å². The first kappa shape index (κ1) is 21.5. The van der Waals surface area contributed by atoms with Gasteiger partial charge in [0.05, 0.1) is 12.6 Å². The molecule has 1 fully saturated rings. The average Bonchev–Trinajstić information content (AvgIpc) is 3.45. The molecule has 5 rings (SSSR count). The molecule has 170 valence electrons. The van der Waals surface area contributed by atoms with E-state index in [0.717, 1.165) is 36.9 Å². The van der Waals surface area contributed by atoms with Crippen LogP contribution in [0.15, 0.2) is 52.9 Å². The number of furan rings is 1. The number of halogens is 1. The fourth-order valence-electron chi connectivity index (χ4n) is 5.06. The number of ether oxygens (including phenoxy) is 1. The maximum absolute atomic E-state index is 13.8. The largest absolute Gasteiger partial charge is 0.507 e. The van der Waals surface area contributed by atoms with Crippen LogP contribution in [0.5, 0.6) is 5.75 Å².